The van der Waals surface area contributed by atoms with E-state index in [1.54, 1.807) is 6.20 Å². The predicted octanol–water partition coefficient (Wildman–Crippen LogP) is 0.565. The van der Waals surface area contributed by atoms with Crippen molar-refractivity contribution in [3.8, 4) is 0 Å². The number of rotatable bonds is 17. The third kappa shape index (κ3) is 9.30. The van der Waals surface area contributed by atoms with Crippen LogP contribution < -0.4 is 21.7 Å². The maximum atomic E-state index is 5.67. The van der Waals surface area contributed by atoms with Gasteiger partial charge in [-0.15, -0.1) is 0 Å². The van der Waals surface area contributed by atoms with E-state index in [2.05, 4.69) is 35.9 Å². The van der Waals surface area contributed by atoms with Crippen molar-refractivity contribution in [3.05, 3.63) is 18.7 Å². The van der Waals surface area contributed by atoms with Crippen molar-refractivity contribution in [2.75, 3.05) is 75.2 Å². The SMILES string of the molecule is NCCOCCOCCNc1nc(NCCCn2ccnc2)nc(NCC2CCCO2)n1. The first-order chi connectivity index (χ1) is 15.8. The summed E-state index contributed by atoms with van der Waals surface area (Å²) in [5.74, 6) is 1.54. The molecule has 32 heavy (non-hydrogen) atoms. The highest BCUT2D eigenvalue weighted by Crippen LogP contribution is 2.14. The Kier molecular flexibility index (Phi) is 10.9. The third-order valence-corrected chi connectivity index (χ3v) is 4.75. The first-order valence-corrected chi connectivity index (χ1v) is 11.2. The zero-order valence-corrected chi connectivity index (χ0v) is 18.5. The van der Waals surface area contributed by atoms with E-state index >= 15 is 0 Å². The molecule has 5 N–H and O–H groups in total. The fraction of sp³-hybridized carbons (Fsp3) is 0.700. The van der Waals surface area contributed by atoms with E-state index in [-0.39, 0.29) is 6.10 Å². The van der Waals surface area contributed by atoms with E-state index in [0.29, 0.717) is 63.9 Å². The fourth-order valence-corrected chi connectivity index (χ4v) is 3.14. The Labute approximate surface area is 188 Å². The number of hydrogen-bond donors (Lipinski definition) is 4. The lowest BCUT2D eigenvalue weighted by Crippen LogP contribution is -2.21. The van der Waals surface area contributed by atoms with Crippen molar-refractivity contribution >= 4 is 17.8 Å². The second-order valence-electron chi connectivity index (χ2n) is 7.34. The van der Waals surface area contributed by atoms with Crippen molar-refractivity contribution in [3.63, 3.8) is 0 Å². The minimum absolute atomic E-state index is 0.199. The minimum atomic E-state index is 0.199. The topological polar surface area (TPSA) is 146 Å². The van der Waals surface area contributed by atoms with Gasteiger partial charge in [0.15, 0.2) is 0 Å². The Hall–Kier alpha value is -2.54. The van der Waals surface area contributed by atoms with Gasteiger partial charge in [-0.05, 0) is 19.3 Å². The van der Waals surface area contributed by atoms with Crippen molar-refractivity contribution in [1.29, 1.82) is 0 Å². The van der Waals surface area contributed by atoms with Crippen molar-refractivity contribution in [2.24, 2.45) is 5.73 Å². The molecule has 1 saturated heterocycles. The molecular formula is C20H35N9O3. The van der Waals surface area contributed by atoms with Gasteiger partial charge in [-0.3, -0.25) is 0 Å². The zero-order chi connectivity index (χ0) is 22.3. The number of anilines is 3. The van der Waals surface area contributed by atoms with Crippen LogP contribution in [0.15, 0.2) is 18.7 Å². The molecule has 12 heteroatoms. The Balaban J connectivity index is 1.45. The van der Waals surface area contributed by atoms with Gasteiger partial charge < -0.3 is 40.5 Å². The Morgan fingerprint density at radius 3 is 2.44 bits per heavy atom. The summed E-state index contributed by atoms with van der Waals surface area (Å²) in [6.45, 7) is 6.32. The quantitative estimate of drug-likeness (QED) is 0.251. The second-order valence-corrected chi connectivity index (χ2v) is 7.34. The van der Waals surface area contributed by atoms with Crippen LogP contribution in [0.25, 0.3) is 0 Å². The van der Waals surface area contributed by atoms with Gasteiger partial charge in [-0.2, -0.15) is 15.0 Å². The Morgan fingerprint density at radius 2 is 1.75 bits per heavy atom. The molecule has 2 aromatic heterocycles. The van der Waals surface area contributed by atoms with Crippen LogP contribution in [-0.2, 0) is 20.8 Å². The van der Waals surface area contributed by atoms with Crippen LogP contribution >= 0.6 is 0 Å². The molecular weight excluding hydrogens is 414 g/mol. The summed E-state index contributed by atoms with van der Waals surface area (Å²) in [5, 5.41) is 9.75. The maximum absolute atomic E-state index is 5.67. The standard InChI is InChI=1S/C20H35N9O3/c21-4-11-30-13-14-31-12-7-24-19-26-18(23-5-2-8-29-9-6-22-16-29)27-20(28-19)25-15-17-3-1-10-32-17/h6,9,16-17H,1-5,7-8,10-15,21H2,(H3,23,24,25,26,27,28). The number of nitrogens with zero attached hydrogens (tertiary/aromatic N) is 5. The second kappa shape index (κ2) is 14.5. The summed E-state index contributed by atoms with van der Waals surface area (Å²) in [6.07, 6.45) is 8.80. The molecule has 0 aromatic carbocycles. The zero-order valence-electron chi connectivity index (χ0n) is 18.5. The lowest BCUT2D eigenvalue weighted by molar-refractivity contribution is 0.0547. The van der Waals surface area contributed by atoms with Gasteiger partial charge in [0.2, 0.25) is 17.8 Å². The summed E-state index contributed by atoms with van der Waals surface area (Å²) in [7, 11) is 0. The molecule has 1 aliphatic rings. The van der Waals surface area contributed by atoms with Crippen LogP contribution in [0.4, 0.5) is 17.8 Å². The van der Waals surface area contributed by atoms with E-state index < -0.39 is 0 Å². The molecule has 0 spiro atoms. The molecule has 0 saturated carbocycles. The van der Waals surface area contributed by atoms with Crippen molar-refractivity contribution < 1.29 is 14.2 Å². The summed E-state index contributed by atoms with van der Waals surface area (Å²) in [6, 6.07) is 0. The average Bonchev–Trinajstić information content (AvgIpc) is 3.51. The first-order valence-electron chi connectivity index (χ1n) is 11.2. The van der Waals surface area contributed by atoms with Crippen molar-refractivity contribution in [1.82, 2.24) is 24.5 Å². The van der Waals surface area contributed by atoms with E-state index in [4.69, 9.17) is 19.9 Å². The van der Waals surface area contributed by atoms with Crippen LogP contribution in [0.2, 0.25) is 0 Å². The Morgan fingerprint density at radius 1 is 1.00 bits per heavy atom. The normalized spacial score (nSPS) is 15.7. The van der Waals surface area contributed by atoms with Gasteiger partial charge in [0.1, 0.15) is 0 Å². The van der Waals surface area contributed by atoms with E-state index in [1.165, 1.54) is 0 Å². The fourth-order valence-electron chi connectivity index (χ4n) is 3.14. The van der Waals surface area contributed by atoms with Gasteiger partial charge in [0, 0.05) is 51.7 Å². The van der Waals surface area contributed by atoms with Gasteiger partial charge in [-0.25, -0.2) is 4.98 Å². The van der Waals surface area contributed by atoms with Crippen LogP contribution in [0, 0.1) is 0 Å². The summed E-state index contributed by atoms with van der Waals surface area (Å²) < 4.78 is 18.5. The highest BCUT2D eigenvalue weighted by atomic mass is 16.5. The number of nitrogens with one attached hydrogen (secondary N) is 3. The molecule has 3 heterocycles. The van der Waals surface area contributed by atoms with E-state index in [0.717, 1.165) is 39.0 Å². The number of ether oxygens (including phenoxy) is 3. The minimum Gasteiger partial charge on any atom is -0.378 e. The maximum Gasteiger partial charge on any atom is 0.229 e. The molecule has 1 unspecified atom stereocenters. The smallest absolute Gasteiger partial charge is 0.229 e. The van der Waals surface area contributed by atoms with Crippen LogP contribution in [-0.4, -0.2) is 89.8 Å². The average molecular weight is 450 g/mol. The summed E-state index contributed by atoms with van der Waals surface area (Å²) in [5.41, 5.74) is 5.38. The van der Waals surface area contributed by atoms with Crippen LogP contribution in [0.1, 0.15) is 19.3 Å². The molecule has 178 valence electrons. The number of imidazole rings is 1. The lowest BCUT2D eigenvalue weighted by atomic mass is 10.2. The predicted molar refractivity (Wildman–Crippen MR) is 122 cm³/mol. The largest absolute Gasteiger partial charge is 0.378 e. The molecule has 1 atom stereocenters. The van der Waals surface area contributed by atoms with Crippen LogP contribution in [0.5, 0.6) is 0 Å². The van der Waals surface area contributed by atoms with E-state index in [9.17, 15) is 0 Å². The van der Waals surface area contributed by atoms with Gasteiger partial charge in [-0.1, -0.05) is 0 Å². The Bertz CT molecular complexity index is 742. The van der Waals surface area contributed by atoms with E-state index in [1.807, 2.05) is 17.1 Å². The summed E-state index contributed by atoms with van der Waals surface area (Å²) >= 11 is 0. The molecule has 2 aromatic rings. The molecule has 0 aliphatic carbocycles. The number of aromatic nitrogens is 5. The summed E-state index contributed by atoms with van der Waals surface area (Å²) in [4.78, 5) is 17.5. The van der Waals surface area contributed by atoms with Crippen LogP contribution in [0.3, 0.4) is 0 Å². The molecule has 1 fully saturated rings. The third-order valence-electron chi connectivity index (χ3n) is 4.75. The highest BCUT2D eigenvalue weighted by molar-refractivity contribution is 5.42. The monoisotopic (exact) mass is 449 g/mol. The highest BCUT2D eigenvalue weighted by Gasteiger charge is 2.16. The number of hydrogen-bond acceptors (Lipinski definition) is 11. The van der Waals surface area contributed by atoms with Gasteiger partial charge in [0.25, 0.3) is 0 Å². The number of nitrogens with two attached hydrogens (primary N) is 1. The van der Waals surface area contributed by atoms with Gasteiger partial charge >= 0.3 is 0 Å². The lowest BCUT2D eigenvalue weighted by Gasteiger charge is -2.13. The molecule has 12 nitrogen and oxygen atoms in total. The van der Waals surface area contributed by atoms with Gasteiger partial charge in [0.05, 0.1) is 38.9 Å². The van der Waals surface area contributed by atoms with Crippen molar-refractivity contribution in [2.45, 2.75) is 31.9 Å². The first kappa shape index (κ1) is 24.1. The molecule has 0 bridgehead atoms. The number of aryl methyl sites for hydroxylation is 1. The molecule has 1 aliphatic heterocycles. The molecule has 0 amide bonds. The molecule has 3 rings (SSSR count). The molecule has 0 radical (unpaired) electrons.